The van der Waals surface area contributed by atoms with Crippen LogP contribution < -0.4 is 10.9 Å². The molecule has 0 spiro atoms. The zero-order valence-corrected chi connectivity index (χ0v) is 11.0. The molecule has 0 fully saturated rings. The molecule has 0 aliphatic carbocycles. The summed E-state index contributed by atoms with van der Waals surface area (Å²) in [5.74, 6) is 0.287. The maximum atomic E-state index is 11.8. The van der Waals surface area contributed by atoms with Crippen molar-refractivity contribution in [3.8, 4) is 0 Å². The van der Waals surface area contributed by atoms with Crippen LogP contribution in [-0.2, 0) is 4.74 Å². The lowest BCUT2D eigenvalue weighted by molar-refractivity contribution is -0.173. The van der Waals surface area contributed by atoms with E-state index in [9.17, 15) is 18.0 Å². The summed E-state index contributed by atoms with van der Waals surface area (Å²) in [5, 5.41) is 3.33. The average molecular weight is 301 g/mol. The highest BCUT2D eigenvalue weighted by Gasteiger charge is 2.27. The summed E-state index contributed by atoms with van der Waals surface area (Å²) in [6, 6.07) is 6.88. The number of para-hydroxylation sites is 1. The van der Waals surface area contributed by atoms with Crippen LogP contribution in [0.2, 0.25) is 0 Å². The number of ether oxygens (including phenoxy) is 1. The number of halogens is 3. The lowest BCUT2D eigenvalue weighted by Gasteiger charge is -2.08. The maximum absolute atomic E-state index is 11.8. The zero-order valence-electron chi connectivity index (χ0n) is 11.0. The third-order valence-corrected chi connectivity index (χ3v) is 2.64. The first-order valence-electron chi connectivity index (χ1n) is 6.33. The van der Waals surface area contributed by atoms with Crippen LogP contribution in [0.1, 0.15) is 6.42 Å². The Bertz CT molecular complexity index is 655. The van der Waals surface area contributed by atoms with Gasteiger partial charge in [0.25, 0.3) is 5.56 Å². The standard InChI is InChI=1S/C13H14F3N3O2/c14-13(15,16)8-21-7-3-6-17-12-18-10-5-2-1-4-9(10)11(20)19-12/h1-2,4-5H,3,6-8H2,(H2,17,18,19,20). The summed E-state index contributed by atoms with van der Waals surface area (Å²) in [6.07, 6.45) is -3.94. The SMILES string of the molecule is O=c1[nH]c(NCCCOCC(F)(F)F)nc2ccccc12. The molecule has 0 saturated heterocycles. The molecular formula is C13H14F3N3O2. The van der Waals surface area contributed by atoms with Crippen LogP contribution in [0.5, 0.6) is 0 Å². The summed E-state index contributed by atoms with van der Waals surface area (Å²) in [7, 11) is 0. The summed E-state index contributed by atoms with van der Waals surface area (Å²) in [4.78, 5) is 18.5. The minimum Gasteiger partial charge on any atom is -0.372 e. The van der Waals surface area contributed by atoms with Crippen LogP contribution in [0.3, 0.4) is 0 Å². The van der Waals surface area contributed by atoms with E-state index < -0.39 is 12.8 Å². The van der Waals surface area contributed by atoms with Crippen molar-refractivity contribution in [1.29, 1.82) is 0 Å². The Morgan fingerprint density at radius 2 is 2.05 bits per heavy atom. The molecule has 0 unspecified atom stereocenters. The number of nitrogens with zero attached hydrogens (tertiary/aromatic N) is 1. The normalized spacial score (nSPS) is 11.8. The fourth-order valence-electron chi connectivity index (χ4n) is 1.74. The fraction of sp³-hybridized carbons (Fsp3) is 0.385. The molecule has 1 heterocycles. The van der Waals surface area contributed by atoms with Gasteiger partial charge in [0.05, 0.1) is 10.9 Å². The molecule has 0 bridgehead atoms. The molecule has 0 radical (unpaired) electrons. The van der Waals surface area contributed by atoms with Crippen molar-refractivity contribution in [3.63, 3.8) is 0 Å². The quantitative estimate of drug-likeness (QED) is 0.803. The van der Waals surface area contributed by atoms with E-state index in [0.29, 0.717) is 23.9 Å². The Morgan fingerprint density at radius 1 is 1.29 bits per heavy atom. The van der Waals surface area contributed by atoms with Gasteiger partial charge in [0.15, 0.2) is 0 Å². The number of alkyl halides is 3. The predicted octanol–water partition coefficient (Wildman–Crippen LogP) is 2.30. The van der Waals surface area contributed by atoms with Gasteiger partial charge in [-0.05, 0) is 18.6 Å². The number of hydrogen-bond donors (Lipinski definition) is 2. The molecule has 0 atom stereocenters. The van der Waals surface area contributed by atoms with Gasteiger partial charge in [0.2, 0.25) is 5.95 Å². The van der Waals surface area contributed by atoms with Gasteiger partial charge in [0.1, 0.15) is 6.61 Å². The highest BCUT2D eigenvalue weighted by Crippen LogP contribution is 2.14. The molecule has 21 heavy (non-hydrogen) atoms. The summed E-state index contributed by atoms with van der Waals surface area (Å²) < 4.78 is 40.0. The monoisotopic (exact) mass is 301 g/mol. The first kappa shape index (κ1) is 15.3. The van der Waals surface area contributed by atoms with Crippen molar-refractivity contribution in [2.75, 3.05) is 25.1 Å². The van der Waals surface area contributed by atoms with Gasteiger partial charge in [-0.15, -0.1) is 0 Å². The minimum absolute atomic E-state index is 0.0235. The zero-order chi connectivity index (χ0) is 15.3. The molecule has 2 aromatic rings. The number of aromatic amines is 1. The molecule has 5 nitrogen and oxygen atoms in total. The van der Waals surface area contributed by atoms with Gasteiger partial charge in [-0.2, -0.15) is 13.2 Å². The molecule has 0 aliphatic heterocycles. The number of benzene rings is 1. The van der Waals surface area contributed by atoms with Crippen molar-refractivity contribution < 1.29 is 17.9 Å². The van der Waals surface area contributed by atoms with Gasteiger partial charge in [-0.3, -0.25) is 9.78 Å². The summed E-state index contributed by atoms with van der Waals surface area (Å²) in [5.41, 5.74) is 0.286. The van der Waals surface area contributed by atoms with Crippen molar-refractivity contribution in [2.24, 2.45) is 0 Å². The van der Waals surface area contributed by atoms with Gasteiger partial charge in [-0.25, -0.2) is 4.98 Å². The van der Waals surface area contributed by atoms with Gasteiger partial charge in [-0.1, -0.05) is 12.1 Å². The van der Waals surface area contributed by atoms with E-state index in [0.717, 1.165) is 0 Å². The molecule has 2 N–H and O–H groups in total. The number of nitrogens with one attached hydrogen (secondary N) is 2. The van der Waals surface area contributed by atoms with E-state index in [4.69, 9.17) is 0 Å². The molecule has 2 rings (SSSR count). The second-order valence-corrected chi connectivity index (χ2v) is 4.38. The summed E-state index contributed by atoms with van der Waals surface area (Å²) in [6.45, 7) is -0.929. The van der Waals surface area contributed by atoms with Crippen LogP contribution in [-0.4, -0.2) is 35.9 Å². The number of fused-ring (bicyclic) bond motifs is 1. The minimum atomic E-state index is -4.31. The van der Waals surface area contributed by atoms with E-state index in [-0.39, 0.29) is 18.1 Å². The lowest BCUT2D eigenvalue weighted by Crippen LogP contribution is -2.19. The highest BCUT2D eigenvalue weighted by molar-refractivity contribution is 5.78. The van der Waals surface area contributed by atoms with E-state index in [1.54, 1.807) is 24.3 Å². The highest BCUT2D eigenvalue weighted by atomic mass is 19.4. The van der Waals surface area contributed by atoms with Crippen molar-refractivity contribution in [3.05, 3.63) is 34.6 Å². The maximum Gasteiger partial charge on any atom is 0.411 e. The van der Waals surface area contributed by atoms with Crippen LogP contribution in [0, 0.1) is 0 Å². The number of anilines is 1. The Labute approximate surface area is 118 Å². The summed E-state index contributed by atoms with van der Waals surface area (Å²) >= 11 is 0. The predicted molar refractivity (Wildman–Crippen MR) is 72.3 cm³/mol. The third kappa shape index (κ3) is 4.75. The molecule has 114 valence electrons. The largest absolute Gasteiger partial charge is 0.411 e. The van der Waals surface area contributed by atoms with Gasteiger partial charge in [0, 0.05) is 13.2 Å². The topological polar surface area (TPSA) is 67.0 Å². The Hall–Kier alpha value is -2.09. The molecular weight excluding hydrogens is 287 g/mol. The third-order valence-electron chi connectivity index (χ3n) is 2.64. The molecule has 8 heteroatoms. The second-order valence-electron chi connectivity index (χ2n) is 4.38. The van der Waals surface area contributed by atoms with Gasteiger partial charge >= 0.3 is 6.18 Å². The Morgan fingerprint density at radius 3 is 2.81 bits per heavy atom. The number of aromatic nitrogens is 2. The Balaban J connectivity index is 1.83. The average Bonchev–Trinajstić information content (AvgIpc) is 2.41. The fourth-order valence-corrected chi connectivity index (χ4v) is 1.74. The van der Waals surface area contributed by atoms with Crippen LogP contribution in [0.4, 0.5) is 19.1 Å². The lowest BCUT2D eigenvalue weighted by atomic mass is 10.2. The van der Waals surface area contributed by atoms with Gasteiger partial charge < -0.3 is 10.1 Å². The molecule has 0 amide bonds. The van der Waals surface area contributed by atoms with Crippen molar-refractivity contribution in [2.45, 2.75) is 12.6 Å². The van der Waals surface area contributed by atoms with E-state index >= 15 is 0 Å². The second kappa shape index (κ2) is 6.57. The molecule has 0 saturated carbocycles. The van der Waals surface area contributed by atoms with Crippen LogP contribution >= 0.6 is 0 Å². The smallest absolute Gasteiger partial charge is 0.372 e. The van der Waals surface area contributed by atoms with Crippen molar-refractivity contribution in [1.82, 2.24) is 9.97 Å². The van der Waals surface area contributed by atoms with E-state index in [1.165, 1.54) is 0 Å². The molecule has 1 aromatic heterocycles. The Kier molecular flexibility index (Phi) is 4.79. The van der Waals surface area contributed by atoms with Crippen LogP contribution in [0.25, 0.3) is 10.9 Å². The van der Waals surface area contributed by atoms with Crippen LogP contribution in [0.15, 0.2) is 29.1 Å². The van der Waals surface area contributed by atoms with E-state index in [2.05, 4.69) is 20.0 Å². The first-order chi connectivity index (χ1) is 9.96. The number of rotatable bonds is 6. The van der Waals surface area contributed by atoms with Crippen molar-refractivity contribution >= 4 is 16.9 Å². The number of hydrogen-bond acceptors (Lipinski definition) is 4. The first-order valence-corrected chi connectivity index (χ1v) is 6.33. The molecule has 1 aromatic carbocycles. The number of H-pyrrole nitrogens is 1. The molecule has 0 aliphatic rings. The van der Waals surface area contributed by atoms with E-state index in [1.807, 2.05) is 0 Å².